The van der Waals surface area contributed by atoms with E-state index in [4.69, 9.17) is 0 Å². The number of aliphatic hydroxyl groups is 1. The molecular formula is C13H21N3O2S. The van der Waals surface area contributed by atoms with Gasteiger partial charge >= 0.3 is 0 Å². The van der Waals surface area contributed by atoms with Gasteiger partial charge in [-0.1, -0.05) is 31.3 Å². The zero-order valence-corrected chi connectivity index (χ0v) is 12.4. The molecule has 0 aliphatic rings. The van der Waals surface area contributed by atoms with Crippen LogP contribution in [0.2, 0.25) is 0 Å². The Hall–Kier alpha value is -1.40. The van der Waals surface area contributed by atoms with Gasteiger partial charge in [-0.3, -0.25) is 4.79 Å². The van der Waals surface area contributed by atoms with Crippen LogP contribution in [0.25, 0.3) is 0 Å². The number of carbonyl (C=O) groups is 1. The second-order valence-corrected chi connectivity index (χ2v) is 5.92. The van der Waals surface area contributed by atoms with E-state index in [2.05, 4.69) is 22.2 Å². The van der Waals surface area contributed by atoms with Crippen LogP contribution in [-0.4, -0.2) is 34.7 Å². The van der Waals surface area contributed by atoms with Crippen LogP contribution >= 0.6 is 11.3 Å². The van der Waals surface area contributed by atoms with Gasteiger partial charge in [0.05, 0.1) is 11.8 Å². The van der Waals surface area contributed by atoms with Crippen LogP contribution in [-0.2, 0) is 0 Å². The maximum Gasteiger partial charge on any atom is 0.263 e. The molecule has 0 saturated carbocycles. The third-order valence-electron chi connectivity index (χ3n) is 2.98. The number of thiazole rings is 1. The minimum Gasteiger partial charge on any atom is -0.388 e. The summed E-state index contributed by atoms with van der Waals surface area (Å²) in [6, 6.07) is 0. The molecule has 1 heterocycles. The Morgan fingerprint density at radius 3 is 2.95 bits per heavy atom. The average molecular weight is 283 g/mol. The molecule has 0 radical (unpaired) electrons. The van der Waals surface area contributed by atoms with Crippen LogP contribution in [0, 0.1) is 5.92 Å². The molecule has 1 unspecified atom stereocenters. The summed E-state index contributed by atoms with van der Waals surface area (Å²) >= 11 is 1.28. The molecule has 1 amide bonds. The SMILES string of the molecule is C=CCNc1ncc(C(=O)NCC(C)(O)C(C)C)s1. The van der Waals surface area contributed by atoms with Crippen molar-refractivity contribution in [2.45, 2.75) is 26.4 Å². The molecule has 0 aliphatic carbocycles. The fourth-order valence-corrected chi connectivity index (χ4v) is 1.91. The van der Waals surface area contributed by atoms with Gasteiger partial charge in [-0.05, 0) is 12.8 Å². The van der Waals surface area contributed by atoms with Gasteiger partial charge in [0.25, 0.3) is 5.91 Å². The van der Waals surface area contributed by atoms with Gasteiger partial charge < -0.3 is 15.7 Å². The van der Waals surface area contributed by atoms with E-state index in [1.807, 2.05) is 13.8 Å². The molecule has 0 aliphatic heterocycles. The number of carbonyl (C=O) groups excluding carboxylic acids is 1. The number of anilines is 1. The molecule has 1 aromatic heterocycles. The van der Waals surface area contributed by atoms with Crippen molar-refractivity contribution in [2.75, 3.05) is 18.4 Å². The molecule has 106 valence electrons. The highest BCUT2D eigenvalue weighted by molar-refractivity contribution is 7.17. The molecule has 1 aromatic rings. The van der Waals surface area contributed by atoms with E-state index in [0.29, 0.717) is 16.6 Å². The van der Waals surface area contributed by atoms with Crippen LogP contribution in [0.3, 0.4) is 0 Å². The summed E-state index contributed by atoms with van der Waals surface area (Å²) in [5, 5.41) is 16.5. The quantitative estimate of drug-likeness (QED) is 0.668. The number of amides is 1. The van der Waals surface area contributed by atoms with Crippen molar-refractivity contribution in [3.63, 3.8) is 0 Å². The first kappa shape index (κ1) is 15.7. The molecule has 6 heteroatoms. The standard InChI is InChI=1S/C13H21N3O2S/c1-5-6-14-12-15-7-10(19-12)11(17)16-8-13(4,18)9(2)3/h5,7,9,18H,1,6,8H2,2-4H3,(H,14,15)(H,16,17). The van der Waals surface area contributed by atoms with Crippen molar-refractivity contribution in [1.82, 2.24) is 10.3 Å². The Balaban J connectivity index is 2.54. The average Bonchev–Trinajstić information content (AvgIpc) is 2.82. The molecule has 1 rings (SSSR count). The summed E-state index contributed by atoms with van der Waals surface area (Å²) in [5.74, 6) is -0.149. The molecular weight excluding hydrogens is 262 g/mol. The molecule has 0 fully saturated rings. The van der Waals surface area contributed by atoms with Crippen LogP contribution in [0.4, 0.5) is 5.13 Å². The van der Waals surface area contributed by atoms with Crippen LogP contribution < -0.4 is 10.6 Å². The van der Waals surface area contributed by atoms with Gasteiger partial charge in [0, 0.05) is 13.1 Å². The fourth-order valence-electron chi connectivity index (χ4n) is 1.17. The molecule has 3 N–H and O–H groups in total. The fraction of sp³-hybridized carbons (Fsp3) is 0.538. The highest BCUT2D eigenvalue weighted by Gasteiger charge is 2.25. The van der Waals surface area contributed by atoms with Crippen LogP contribution in [0.5, 0.6) is 0 Å². The first-order valence-corrected chi connectivity index (χ1v) is 6.99. The maximum atomic E-state index is 11.9. The third kappa shape index (κ3) is 4.65. The highest BCUT2D eigenvalue weighted by atomic mass is 32.1. The Labute approximate surface area is 117 Å². The predicted octanol–water partition coefficient (Wildman–Crippen LogP) is 1.88. The maximum absolute atomic E-state index is 11.9. The number of rotatable bonds is 7. The van der Waals surface area contributed by atoms with E-state index >= 15 is 0 Å². The second kappa shape index (κ2) is 6.68. The molecule has 19 heavy (non-hydrogen) atoms. The first-order chi connectivity index (χ1) is 8.86. The number of nitrogens with one attached hydrogen (secondary N) is 2. The number of hydrogen-bond acceptors (Lipinski definition) is 5. The Kier molecular flexibility index (Phi) is 5.50. The van der Waals surface area contributed by atoms with Gasteiger partial charge in [0.2, 0.25) is 0 Å². The molecule has 0 spiro atoms. The minimum atomic E-state index is -0.912. The smallest absolute Gasteiger partial charge is 0.263 e. The topological polar surface area (TPSA) is 74.2 Å². The highest BCUT2D eigenvalue weighted by Crippen LogP contribution is 2.19. The molecule has 0 bridgehead atoms. The van der Waals surface area contributed by atoms with Gasteiger partial charge in [0.15, 0.2) is 5.13 Å². The lowest BCUT2D eigenvalue weighted by Crippen LogP contribution is -2.44. The summed E-state index contributed by atoms with van der Waals surface area (Å²) in [6.07, 6.45) is 3.25. The minimum absolute atomic E-state index is 0.0686. The summed E-state index contributed by atoms with van der Waals surface area (Å²) in [5.41, 5.74) is -0.912. The molecule has 5 nitrogen and oxygen atoms in total. The Morgan fingerprint density at radius 2 is 2.37 bits per heavy atom. The van der Waals surface area contributed by atoms with Crippen molar-refractivity contribution in [2.24, 2.45) is 5.92 Å². The van der Waals surface area contributed by atoms with E-state index in [1.54, 1.807) is 13.0 Å². The predicted molar refractivity (Wildman–Crippen MR) is 78.6 cm³/mol. The normalized spacial score (nSPS) is 13.9. The zero-order valence-electron chi connectivity index (χ0n) is 11.6. The van der Waals surface area contributed by atoms with E-state index in [9.17, 15) is 9.90 Å². The third-order valence-corrected chi connectivity index (χ3v) is 3.93. The van der Waals surface area contributed by atoms with Crippen LogP contribution in [0.1, 0.15) is 30.4 Å². The zero-order chi connectivity index (χ0) is 14.5. The van der Waals surface area contributed by atoms with Crippen molar-refractivity contribution >= 4 is 22.4 Å². The van der Waals surface area contributed by atoms with Crippen molar-refractivity contribution < 1.29 is 9.90 Å². The van der Waals surface area contributed by atoms with Gasteiger partial charge in [0.1, 0.15) is 4.88 Å². The summed E-state index contributed by atoms with van der Waals surface area (Å²) in [4.78, 5) is 16.5. The second-order valence-electron chi connectivity index (χ2n) is 4.89. The van der Waals surface area contributed by atoms with E-state index in [-0.39, 0.29) is 18.4 Å². The van der Waals surface area contributed by atoms with Crippen LogP contribution in [0.15, 0.2) is 18.9 Å². The monoisotopic (exact) mass is 283 g/mol. The largest absolute Gasteiger partial charge is 0.388 e. The summed E-state index contributed by atoms with van der Waals surface area (Å²) < 4.78 is 0. The summed E-state index contributed by atoms with van der Waals surface area (Å²) in [6.45, 7) is 9.96. The lowest BCUT2D eigenvalue weighted by Gasteiger charge is -2.27. The first-order valence-electron chi connectivity index (χ1n) is 6.18. The Morgan fingerprint density at radius 1 is 1.68 bits per heavy atom. The number of nitrogens with zero attached hydrogens (tertiary/aromatic N) is 1. The van der Waals surface area contributed by atoms with E-state index in [1.165, 1.54) is 17.5 Å². The van der Waals surface area contributed by atoms with Gasteiger partial charge in [-0.2, -0.15) is 0 Å². The van der Waals surface area contributed by atoms with Crippen molar-refractivity contribution in [3.8, 4) is 0 Å². The summed E-state index contributed by atoms with van der Waals surface area (Å²) in [7, 11) is 0. The lowest BCUT2D eigenvalue weighted by molar-refractivity contribution is 0.0143. The lowest BCUT2D eigenvalue weighted by atomic mass is 9.92. The van der Waals surface area contributed by atoms with Crippen molar-refractivity contribution in [1.29, 1.82) is 0 Å². The molecule has 0 aromatic carbocycles. The number of hydrogen-bond donors (Lipinski definition) is 3. The van der Waals surface area contributed by atoms with Crippen molar-refractivity contribution in [3.05, 3.63) is 23.7 Å². The Bertz CT molecular complexity index is 441. The molecule has 1 atom stereocenters. The van der Waals surface area contributed by atoms with E-state index in [0.717, 1.165) is 0 Å². The number of aromatic nitrogens is 1. The van der Waals surface area contributed by atoms with Gasteiger partial charge in [-0.25, -0.2) is 4.98 Å². The van der Waals surface area contributed by atoms with Gasteiger partial charge in [-0.15, -0.1) is 6.58 Å². The molecule has 0 saturated heterocycles. The van der Waals surface area contributed by atoms with E-state index < -0.39 is 5.60 Å².